The zero-order valence-electron chi connectivity index (χ0n) is 11.8. The number of carbonyl (C=O) groups is 1. The topological polar surface area (TPSA) is 102 Å². The van der Waals surface area contributed by atoms with Gasteiger partial charge in [0.1, 0.15) is 0 Å². The first-order chi connectivity index (χ1) is 10.4. The van der Waals surface area contributed by atoms with Crippen molar-refractivity contribution in [1.82, 2.24) is 4.72 Å². The number of hydrogen-bond acceptors (Lipinski definition) is 5. The van der Waals surface area contributed by atoms with Crippen LogP contribution < -0.4 is 14.2 Å². The van der Waals surface area contributed by atoms with Crippen molar-refractivity contribution in [1.29, 1.82) is 0 Å². The Morgan fingerprint density at radius 3 is 2.59 bits per heavy atom. The van der Waals surface area contributed by atoms with Crippen LogP contribution in [0.15, 0.2) is 29.2 Å². The summed E-state index contributed by atoms with van der Waals surface area (Å²) in [5.74, 6) is -0.720. The second-order valence-electron chi connectivity index (χ2n) is 5.26. The molecule has 0 spiro atoms. The summed E-state index contributed by atoms with van der Waals surface area (Å²) in [5.41, 5.74) is 0.536. The highest BCUT2D eigenvalue weighted by Crippen LogP contribution is 2.36. The predicted octanol–water partition coefficient (Wildman–Crippen LogP) is 1.03. The van der Waals surface area contributed by atoms with Gasteiger partial charge in [-0.15, -0.1) is 0 Å². The quantitative estimate of drug-likeness (QED) is 0.802. The molecule has 2 aliphatic rings. The van der Waals surface area contributed by atoms with Crippen LogP contribution in [0.1, 0.15) is 12.0 Å². The molecule has 8 heteroatoms. The second-order valence-corrected chi connectivity index (χ2v) is 6.95. The number of carboxylic acids is 1. The fraction of sp³-hybridized carbons (Fsp3) is 0.357. The Bertz CT molecular complexity index is 755. The largest absolute Gasteiger partial charge is 0.481 e. The first-order valence-corrected chi connectivity index (χ1v) is 8.19. The Hall–Kier alpha value is -2.06. The Morgan fingerprint density at radius 2 is 1.95 bits per heavy atom. The number of nitrogens with one attached hydrogen (secondary N) is 1. The molecule has 22 heavy (non-hydrogen) atoms. The van der Waals surface area contributed by atoms with E-state index in [4.69, 9.17) is 14.6 Å². The van der Waals surface area contributed by atoms with Crippen LogP contribution in [0.3, 0.4) is 0 Å². The molecule has 0 radical (unpaired) electrons. The Morgan fingerprint density at radius 1 is 1.27 bits per heavy atom. The SMILES string of the molecule is Cc1cc2c(cc1S(=O)(=O)NC1C=CC(C(=O)O)C1)OCO2. The molecule has 2 unspecified atom stereocenters. The number of carboxylic acid groups (broad SMARTS) is 1. The monoisotopic (exact) mass is 325 g/mol. The van der Waals surface area contributed by atoms with Crippen molar-refractivity contribution >= 4 is 16.0 Å². The highest BCUT2D eigenvalue weighted by atomic mass is 32.2. The van der Waals surface area contributed by atoms with Gasteiger partial charge in [-0.3, -0.25) is 4.79 Å². The van der Waals surface area contributed by atoms with Crippen LogP contribution >= 0.6 is 0 Å². The summed E-state index contributed by atoms with van der Waals surface area (Å²) in [6.45, 7) is 1.73. The fourth-order valence-corrected chi connectivity index (χ4v) is 3.99. The summed E-state index contributed by atoms with van der Waals surface area (Å²) in [6, 6.07) is 2.50. The second kappa shape index (κ2) is 5.29. The van der Waals surface area contributed by atoms with Crippen LogP contribution in [-0.4, -0.2) is 32.3 Å². The lowest BCUT2D eigenvalue weighted by atomic mass is 10.1. The lowest BCUT2D eigenvalue weighted by Crippen LogP contribution is -2.33. The number of rotatable bonds is 4. The lowest BCUT2D eigenvalue weighted by Gasteiger charge is -2.14. The summed E-state index contributed by atoms with van der Waals surface area (Å²) in [7, 11) is -3.77. The van der Waals surface area contributed by atoms with Gasteiger partial charge in [0, 0.05) is 12.1 Å². The van der Waals surface area contributed by atoms with Crippen molar-refractivity contribution in [2.45, 2.75) is 24.3 Å². The summed E-state index contributed by atoms with van der Waals surface area (Å²) in [6.07, 6.45) is 3.28. The maximum Gasteiger partial charge on any atom is 0.310 e. The summed E-state index contributed by atoms with van der Waals surface area (Å²) in [5, 5.41) is 8.94. The smallest absolute Gasteiger partial charge is 0.310 e. The van der Waals surface area contributed by atoms with Gasteiger partial charge in [-0.25, -0.2) is 13.1 Å². The number of sulfonamides is 1. The molecule has 0 bridgehead atoms. The molecule has 2 N–H and O–H groups in total. The minimum absolute atomic E-state index is 0.0668. The minimum atomic E-state index is -3.77. The fourth-order valence-electron chi connectivity index (χ4n) is 2.55. The van der Waals surface area contributed by atoms with E-state index in [0.717, 1.165) is 0 Å². The third-order valence-corrected chi connectivity index (χ3v) is 5.30. The number of hydrogen-bond donors (Lipinski definition) is 2. The molecule has 0 saturated heterocycles. The summed E-state index contributed by atoms with van der Waals surface area (Å²) >= 11 is 0. The highest BCUT2D eigenvalue weighted by Gasteiger charge is 2.30. The van der Waals surface area contributed by atoms with Gasteiger partial charge in [0.25, 0.3) is 0 Å². The normalized spacial score (nSPS) is 23.0. The Labute approximate surface area is 127 Å². The molecule has 0 saturated carbocycles. The van der Waals surface area contributed by atoms with Crippen molar-refractivity contribution in [2.75, 3.05) is 6.79 Å². The first-order valence-electron chi connectivity index (χ1n) is 6.70. The molecule has 0 fully saturated rings. The molecule has 3 rings (SSSR count). The molecule has 1 aromatic carbocycles. The van der Waals surface area contributed by atoms with Gasteiger partial charge in [0.15, 0.2) is 11.5 Å². The van der Waals surface area contributed by atoms with E-state index in [9.17, 15) is 13.2 Å². The van der Waals surface area contributed by atoms with Crippen molar-refractivity contribution in [2.24, 2.45) is 5.92 Å². The Kier molecular flexibility index (Phi) is 3.57. The van der Waals surface area contributed by atoms with Crippen molar-refractivity contribution < 1.29 is 27.8 Å². The number of ether oxygens (including phenoxy) is 2. The van der Waals surface area contributed by atoms with E-state index in [2.05, 4.69) is 4.72 Å². The number of aliphatic carboxylic acids is 1. The molecule has 7 nitrogen and oxygen atoms in total. The van der Waals surface area contributed by atoms with Crippen molar-refractivity contribution in [3.8, 4) is 11.5 Å². The average molecular weight is 325 g/mol. The molecular weight excluding hydrogens is 310 g/mol. The average Bonchev–Trinajstić information content (AvgIpc) is 3.05. The molecule has 1 aromatic rings. The van der Waals surface area contributed by atoms with Gasteiger partial charge in [-0.1, -0.05) is 12.2 Å². The van der Waals surface area contributed by atoms with Crippen LogP contribution in [0.5, 0.6) is 11.5 Å². The predicted molar refractivity (Wildman–Crippen MR) is 76.3 cm³/mol. The maximum absolute atomic E-state index is 12.5. The van der Waals surface area contributed by atoms with Crippen LogP contribution in [0, 0.1) is 12.8 Å². The maximum atomic E-state index is 12.5. The van der Waals surface area contributed by atoms with Crippen LogP contribution in [-0.2, 0) is 14.8 Å². The van der Waals surface area contributed by atoms with Gasteiger partial charge in [-0.2, -0.15) is 0 Å². The molecule has 118 valence electrons. The van der Waals surface area contributed by atoms with Gasteiger partial charge >= 0.3 is 5.97 Å². The zero-order chi connectivity index (χ0) is 15.9. The number of fused-ring (bicyclic) bond motifs is 1. The molecule has 2 atom stereocenters. The zero-order valence-corrected chi connectivity index (χ0v) is 12.6. The highest BCUT2D eigenvalue weighted by molar-refractivity contribution is 7.89. The summed E-state index contributed by atoms with van der Waals surface area (Å²) in [4.78, 5) is 11.0. The van der Waals surface area contributed by atoms with Gasteiger partial charge in [0.2, 0.25) is 16.8 Å². The van der Waals surface area contributed by atoms with E-state index < -0.39 is 28.0 Å². The van der Waals surface area contributed by atoms with E-state index >= 15 is 0 Å². The van der Waals surface area contributed by atoms with Gasteiger partial charge in [0.05, 0.1) is 10.8 Å². The van der Waals surface area contributed by atoms with Crippen LogP contribution in [0.25, 0.3) is 0 Å². The van der Waals surface area contributed by atoms with Crippen LogP contribution in [0.4, 0.5) is 0 Å². The molecule has 1 aliphatic carbocycles. The Balaban J connectivity index is 1.83. The van der Waals surface area contributed by atoms with Crippen molar-refractivity contribution in [3.63, 3.8) is 0 Å². The molecule has 0 aromatic heterocycles. The third kappa shape index (κ3) is 2.67. The van der Waals surface area contributed by atoms with Gasteiger partial charge in [-0.05, 0) is 25.0 Å². The van der Waals surface area contributed by atoms with E-state index in [1.165, 1.54) is 12.1 Å². The third-order valence-electron chi connectivity index (χ3n) is 3.67. The van der Waals surface area contributed by atoms with E-state index in [1.807, 2.05) is 0 Å². The standard InChI is InChI=1S/C14H15NO6S/c1-8-4-11-12(21-7-20-11)6-13(8)22(18,19)15-10-3-2-9(5-10)14(16)17/h2-4,6,9-10,15H,5,7H2,1H3,(H,16,17). The number of benzene rings is 1. The minimum Gasteiger partial charge on any atom is -0.481 e. The van der Waals surface area contributed by atoms with E-state index in [0.29, 0.717) is 17.1 Å². The van der Waals surface area contributed by atoms with Gasteiger partial charge < -0.3 is 14.6 Å². The molecule has 1 aliphatic heterocycles. The van der Waals surface area contributed by atoms with Crippen LogP contribution in [0.2, 0.25) is 0 Å². The first kappa shape index (κ1) is 14.9. The molecule has 1 heterocycles. The van der Waals surface area contributed by atoms with E-state index in [1.54, 1.807) is 19.1 Å². The molecular formula is C14H15NO6S. The van der Waals surface area contributed by atoms with Crippen molar-refractivity contribution in [3.05, 3.63) is 29.8 Å². The number of aryl methyl sites for hydroxylation is 1. The molecule has 0 amide bonds. The summed E-state index contributed by atoms with van der Waals surface area (Å²) < 4.78 is 37.9. The lowest BCUT2D eigenvalue weighted by molar-refractivity contribution is -0.140. The van der Waals surface area contributed by atoms with E-state index in [-0.39, 0.29) is 18.1 Å².